The van der Waals surface area contributed by atoms with Crippen molar-refractivity contribution in [3.8, 4) is 5.88 Å². The van der Waals surface area contributed by atoms with Crippen LogP contribution in [0.2, 0.25) is 0 Å². The Morgan fingerprint density at radius 3 is 2.42 bits per heavy atom. The van der Waals surface area contributed by atoms with Crippen LogP contribution in [0.5, 0.6) is 5.88 Å². The van der Waals surface area contributed by atoms with E-state index in [1.165, 1.54) is 12.4 Å². The highest BCUT2D eigenvalue weighted by atomic mass is 32.3. The van der Waals surface area contributed by atoms with Crippen LogP contribution in [0.25, 0.3) is 0 Å². The first kappa shape index (κ1) is 27.8. The van der Waals surface area contributed by atoms with Crippen molar-refractivity contribution in [3.63, 3.8) is 0 Å². The molecule has 0 radical (unpaired) electrons. The van der Waals surface area contributed by atoms with Crippen molar-refractivity contribution in [2.75, 3.05) is 45.1 Å². The van der Waals surface area contributed by atoms with E-state index < -0.39 is 16.5 Å². The number of benzene rings is 1. The number of nitrogens with zero attached hydrogens (tertiary/aromatic N) is 3. The first-order chi connectivity index (χ1) is 17.4. The zero-order chi connectivity index (χ0) is 25.8. The summed E-state index contributed by atoms with van der Waals surface area (Å²) in [6.45, 7) is 1.19. The molecule has 0 unspecified atom stereocenters. The molecule has 1 saturated carbocycles. The van der Waals surface area contributed by atoms with Crippen LogP contribution in [0, 0.1) is 0 Å². The molecule has 3 N–H and O–H groups in total. The van der Waals surface area contributed by atoms with Gasteiger partial charge in [-0.05, 0) is 44.2 Å². The molecule has 0 spiro atoms. The Kier molecular flexibility index (Phi) is 10.9. The van der Waals surface area contributed by atoms with Gasteiger partial charge in [-0.1, -0.05) is 17.3 Å². The fraction of sp³-hybridized carbons (Fsp3) is 0.500. The number of anilines is 1. The third-order valence-corrected chi connectivity index (χ3v) is 7.39. The van der Waals surface area contributed by atoms with E-state index in [2.05, 4.69) is 20.4 Å². The lowest BCUT2D eigenvalue weighted by atomic mass is 10.1. The van der Waals surface area contributed by atoms with Gasteiger partial charge < -0.3 is 24.4 Å². The minimum absolute atomic E-state index is 0.0387. The molecule has 1 amide bonds. The van der Waals surface area contributed by atoms with Crippen LogP contribution < -0.4 is 10.1 Å². The smallest absolute Gasteiger partial charge is 0.279 e. The van der Waals surface area contributed by atoms with Gasteiger partial charge in [-0.2, -0.15) is 10.6 Å². The lowest BCUT2D eigenvalue weighted by Gasteiger charge is -2.32. The van der Waals surface area contributed by atoms with Gasteiger partial charge in [0.15, 0.2) is 11.5 Å². The number of amides is 1. The number of ether oxygens (including phenoxy) is 3. The number of rotatable bonds is 14. The lowest BCUT2D eigenvalue weighted by Crippen LogP contribution is -2.25. The molecule has 1 aromatic heterocycles. The van der Waals surface area contributed by atoms with E-state index in [0.29, 0.717) is 42.6 Å². The SMILES string of the molecule is COCCCS(O)(O)c1ccc(/C(=N\OC2CCCC2)C(=O)Nc2cnc(OCCOC)cn2)cc1. The summed E-state index contributed by atoms with van der Waals surface area (Å²) in [6.07, 6.45) is 7.15. The topological polar surface area (TPSA) is 145 Å². The number of carbonyl (C=O) groups is 1. The van der Waals surface area contributed by atoms with Gasteiger partial charge in [-0.3, -0.25) is 13.9 Å². The number of oxime groups is 1. The molecule has 0 bridgehead atoms. The van der Waals surface area contributed by atoms with Crippen LogP contribution in [0.4, 0.5) is 5.82 Å². The van der Waals surface area contributed by atoms with Gasteiger partial charge in [-0.25, -0.2) is 9.97 Å². The second kappa shape index (κ2) is 14.1. The Morgan fingerprint density at radius 2 is 1.78 bits per heavy atom. The molecule has 2 aromatic rings. The van der Waals surface area contributed by atoms with Gasteiger partial charge in [0.05, 0.1) is 23.9 Å². The number of nitrogens with one attached hydrogen (secondary N) is 1. The zero-order valence-electron chi connectivity index (χ0n) is 20.6. The van der Waals surface area contributed by atoms with Gasteiger partial charge in [0.25, 0.3) is 5.91 Å². The Labute approximate surface area is 212 Å². The molecule has 3 rings (SSSR count). The molecule has 12 heteroatoms. The number of hydrogen-bond acceptors (Lipinski definition) is 10. The molecular weight excluding hydrogens is 488 g/mol. The molecule has 1 aromatic carbocycles. The molecule has 1 fully saturated rings. The summed E-state index contributed by atoms with van der Waals surface area (Å²) in [7, 11) is 0.169. The van der Waals surface area contributed by atoms with Crippen LogP contribution in [0.3, 0.4) is 0 Å². The molecule has 1 aliphatic carbocycles. The quantitative estimate of drug-likeness (QED) is 0.191. The van der Waals surface area contributed by atoms with Crippen LogP contribution in [-0.4, -0.2) is 76.6 Å². The highest BCUT2D eigenvalue weighted by Crippen LogP contribution is 2.48. The second-order valence-electron chi connectivity index (χ2n) is 8.23. The number of hydrogen-bond donors (Lipinski definition) is 3. The normalized spacial score (nSPS) is 15.1. The molecule has 36 heavy (non-hydrogen) atoms. The maximum Gasteiger partial charge on any atom is 0.279 e. The third kappa shape index (κ3) is 8.42. The first-order valence-electron chi connectivity index (χ1n) is 11.8. The molecule has 0 saturated heterocycles. The van der Waals surface area contributed by atoms with E-state index in [-0.39, 0.29) is 23.4 Å². The Bertz CT molecular complexity index is 981. The number of aromatic nitrogens is 2. The van der Waals surface area contributed by atoms with Crippen molar-refractivity contribution in [3.05, 3.63) is 42.2 Å². The fourth-order valence-corrected chi connectivity index (χ4v) is 4.89. The summed E-state index contributed by atoms with van der Waals surface area (Å²) in [5.74, 6) is 0.186. The predicted molar refractivity (Wildman–Crippen MR) is 137 cm³/mol. The maximum absolute atomic E-state index is 13.1. The standard InChI is InChI=1S/C24H34N4O7S/c1-32-12-5-15-36(30,31)20-10-8-18(9-11-20)23(28-35-19-6-3-4-7-19)24(29)27-21-16-26-22(17-25-21)34-14-13-33-2/h8-11,16-17,19,30-31H,3-7,12-15H2,1-2H3,(H,25,27,29)/b28-23+. The molecule has 1 heterocycles. The van der Waals surface area contributed by atoms with E-state index >= 15 is 0 Å². The zero-order valence-corrected chi connectivity index (χ0v) is 21.4. The van der Waals surface area contributed by atoms with Crippen molar-refractivity contribution in [2.45, 2.75) is 43.1 Å². The molecule has 0 atom stereocenters. The number of methoxy groups -OCH3 is 2. The molecule has 198 valence electrons. The van der Waals surface area contributed by atoms with E-state index in [1.807, 2.05) is 0 Å². The fourth-order valence-electron chi connectivity index (χ4n) is 3.56. The molecule has 0 aliphatic heterocycles. The van der Waals surface area contributed by atoms with Gasteiger partial charge in [0, 0.05) is 32.1 Å². The van der Waals surface area contributed by atoms with Crippen LogP contribution in [0.1, 0.15) is 37.7 Å². The Morgan fingerprint density at radius 1 is 1.06 bits per heavy atom. The third-order valence-electron chi connectivity index (χ3n) is 5.50. The monoisotopic (exact) mass is 522 g/mol. The van der Waals surface area contributed by atoms with E-state index in [4.69, 9.17) is 19.0 Å². The molecule has 1 aliphatic rings. The summed E-state index contributed by atoms with van der Waals surface area (Å²) in [4.78, 5) is 27.5. The maximum atomic E-state index is 13.1. The van der Waals surface area contributed by atoms with Crippen molar-refractivity contribution in [1.82, 2.24) is 9.97 Å². The van der Waals surface area contributed by atoms with Gasteiger partial charge in [0.2, 0.25) is 5.88 Å². The van der Waals surface area contributed by atoms with Gasteiger partial charge in [-0.15, -0.1) is 0 Å². The Hall–Kier alpha value is -2.77. The summed E-state index contributed by atoms with van der Waals surface area (Å²) >= 11 is 0. The highest BCUT2D eigenvalue weighted by molar-refractivity contribution is 8.24. The van der Waals surface area contributed by atoms with Crippen molar-refractivity contribution >= 4 is 28.0 Å². The first-order valence-corrected chi connectivity index (χ1v) is 13.5. The van der Waals surface area contributed by atoms with Crippen LogP contribution in [-0.2, 0) is 19.1 Å². The van der Waals surface area contributed by atoms with Crippen molar-refractivity contribution < 1.29 is 32.9 Å². The summed E-state index contributed by atoms with van der Waals surface area (Å²) in [5, 5.41) is 6.85. The molecular formula is C24H34N4O7S. The van der Waals surface area contributed by atoms with E-state index in [1.54, 1.807) is 38.5 Å². The average molecular weight is 523 g/mol. The minimum atomic E-state index is -2.97. The second-order valence-corrected chi connectivity index (χ2v) is 10.4. The number of carbonyl (C=O) groups excluding carboxylic acids is 1. The van der Waals surface area contributed by atoms with E-state index in [9.17, 15) is 13.9 Å². The molecule has 11 nitrogen and oxygen atoms in total. The lowest BCUT2D eigenvalue weighted by molar-refractivity contribution is -0.110. The summed E-state index contributed by atoms with van der Waals surface area (Å²) in [5.41, 5.74) is 0.514. The van der Waals surface area contributed by atoms with Gasteiger partial charge >= 0.3 is 0 Å². The van der Waals surface area contributed by atoms with E-state index in [0.717, 1.165) is 25.7 Å². The predicted octanol–water partition coefficient (Wildman–Crippen LogP) is 3.95. The van der Waals surface area contributed by atoms with Crippen LogP contribution >= 0.6 is 10.6 Å². The largest absolute Gasteiger partial charge is 0.474 e. The average Bonchev–Trinajstić information content (AvgIpc) is 3.39. The van der Waals surface area contributed by atoms with Crippen LogP contribution in [0.15, 0.2) is 46.7 Å². The summed E-state index contributed by atoms with van der Waals surface area (Å²) < 4.78 is 36.3. The highest BCUT2D eigenvalue weighted by Gasteiger charge is 2.22. The van der Waals surface area contributed by atoms with Crippen molar-refractivity contribution in [1.29, 1.82) is 0 Å². The van der Waals surface area contributed by atoms with Crippen molar-refractivity contribution in [2.24, 2.45) is 5.16 Å². The van der Waals surface area contributed by atoms with Gasteiger partial charge in [0.1, 0.15) is 12.7 Å². The summed E-state index contributed by atoms with van der Waals surface area (Å²) in [6, 6.07) is 6.41. The Balaban J connectivity index is 1.74. The minimum Gasteiger partial charge on any atom is -0.474 e.